The Balaban J connectivity index is 2.00. The van der Waals surface area contributed by atoms with Crippen LogP contribution in [0.3, 0.4) is 0 Å². The van der Waals surface area contributed by atoms with Gasteiger partial charge in [0.2, 0.25) is 0 Å². The van der Waals surface area contributed by atoms with Gasteiger partial charge in [-0.05, 0) is 68.3 Å². The van der Waals surface area contributed by atoms with Gasteiger partial charge in [-0.15, -0.1) is 0 Å². The molecule has 122 valence electrons. The smallest absolute Gasteiger partial charge is 0.410 e. The van der Waals surface area contributed by atoms with Gasteiger partial charge < -0.3 is 14.5 Å². The first kappa shape index (κ1) is 17.3. The van der Waals surface area contributed by atoms with Crippen molar-refractivity contribution in [3.8, 4) is 0 Å². The highest BCUT2D eigenvalue weighted by atomic mass is 127. The van der Waals surface area contributed by atoms with Crippen LogP contribution in [0, 0.1) is 3.57 Å². The standard InChI is InChI=1S/C16H24IN3O2/c1-16(2,3)22-15(21)19(4)13-6-5-9-20(11-13)14-8-7-12(17)10-18-14/h7-8,10,13H,5-6,9,11H2,1-4H3/t13-/m0/s1. The van der Waals surface area contributed by atoms with Crippen LogP contribution in [0.1, 0.15) is 33.6 Å². The molecule has 1 aromatic heterocycles. The van der Waals surface area contributed by atoms with E-state index in [9.17, 15) is 4.79 Å². The van der Waals surface area contributed by atoms with Crippen LogP contribution in [0.5, 0.6) is 0 Å². The van der Waals surface area contributed by atoms with E-state index >= 15 is 0 Å². The Morgan fingerprint density at radius 2 is 2.18 bits per heavy atom. The number of ether oxygens (including phenoxy) is 1. The van der Waals surface area contributed by atoms with Gasteiger partial charge in [-0.1, -0.05) is 0 Å². The summed E-state index contributed by atoms with van der Waals surface area (Å²) in [6.07, 6.45) is 3.66. The van der Waals surface area contributed by atoms with Crippen LogP contribution < -0.4 is 4.90 Å². The summed E-state index contributed by atoms with van der Waals surface area (Å²) in [6, 6.07) is 4.26. The Morgan fingerprint density at radius 1 is 1.45 bits per heavy atom. The van der Waals surface area contributed by atoms with Gasteiger partial charge in [0.05, 0.1) is 6.04 Å². The van der Waals surface area contributed by atoms with E-state index in [-0.39, 0.29) is 12.1 Å². The largest absolute Gasteiger partial charge is 0.444 e. The van der Waals surface area contributed by atoms with Gasteiger partial charge in [0.25, 0.3) is 0 Å². The monoisotopic (exact) mass is 417 g/mol. The highest BCUT2D eigenvalue weighted by Crippen LogP contribution is 2.22. The summed E-state index contributed by atoms with van der Waals surface area (Å²) in [5.74, 6) is 0.975. The summed E-state index contributed by atoms with van der Waals surface area (Å²) in [4.78, 5) is 20.7. The predicted molar refractivity (Wildman–Crippen MR) is 96.2 cm³/mol. The number of likely N-dealkylation sites (N-methyl/N-ethyl adjacent to an activating group) is 1. The molecule has 1 atom stereocenters. The minimum atomic E-state index is -0.461. The Morgan fingerprint density at radius 3 is 2.77 bits per heavy atom. The number of rotatable bonds is 2. The van der Waals surface area contributed by atoms with E-state index in [1.807, 2.05) is 40.1 Å². The van der Waals surface area contributed by atoms with Gasteiger partial charge in [-0.2, -0.15) is 0 Å². The Hall–Kier alpha value is -1.05. The molecule has 0 bridgehead atoms. The van der Waals surface area contributed by atoms with E-state index in [4.69, 9.17) is 4.74 Å². The van der Waals surface area contributed by atoms with Gasteiger partial charge in [0.1, 0.15) is 11.4 Å². The van der Waals surface area contributed by atoms with Crippen LogP contribution in [0.2, 0.25) is 0 Å². The number of piperidine rings is 1. The van der Waals surface area contributed by atoms with E-state index in [0.717, 1.165) is 35.3 Å². The molecule has 6 heteroatoms. The van der Waals surface area contributed by atoms with Crippen LogP contribution in [0.4, 0.5) is 10.6 Å². The van der Waals surface area contributed by atoms with Crippen molar-refractivity contribution < 1.29 is 9.53 Å². The van der Waals surface area contributed by atoms with Crippen LogP contribution in [0.25, 0.3) is 0 Å². The number of hydrogen-bond donors (Lipinski definition) is 0. The van der Waals surface area contributed by atoms with E-state index in [0.29, 0.717) is 0 Å². The van der Waals surface area contributed by atoms with E-state index in [2.05, 4.69) is 38.5 Å². The first-order chi connectivity index (χ1) is 10.3. The molecule has 0 radical (unpaired) electrons. The van der Waals surface area contributed by atoms with Crippen molar-refractivity contribution in [2.75, 3.05) is 25.0 Å². The fourth-order valence-corrected chi connectivity index (χ4v) is 2.84. The Bertz CT molecular complexity index is 513. The lowest BCUT2D eigenvalue weighted by atomic mass is 10.0. The van der Waals surface area contributed by atoms with Gasteiger partial charge in [-0.3, -0.25) is 0 Å². The van der Waals surface area contributed by atoms with Crippen molar-refractivity contribution in [2.24, 2.45) is 0 Å². The first-order valence-corrected chi connectivity index (χ1v) is 8.66. The number of pyridine rings is 1. The zero-order chi connectivity index (χ0) is 16.3. The minimum Gasteiger partial charge on any atom is -0.444 e. The quantitative estimate of drug-likeness (QED) is 0.691. The molecular formula is C16H24IN3O2. The first-order valence-electron chi connectivity index (χ1n) is 7.58. The van der Waals surface area contributed by atoms with Crippen LogP contribution >= 0.6 is 22.6 Å². The van der Waals surface area contributed by atoms with Gasteiger partial charge in [0, 0.05) is 29.9 Å². The van der Waals surface area contributed by atoms with Gasteiger partial charge in [0.15, 0.2) is 0 Å². The average Bonchev–Trinajstić information content (AvgIpc) is 2.45. The highest BCUT2D eigenvalue weighted by molar-refractivity contribution is 14.1. The number of aromatic nitrogens is 1. The maximum atomic E-state index is 12.2. The molecule has 5 nitrogen and oxygen atoms in total. The number of carbonyl (C=O) groups excluding carboxylic acids is 1. The van der Waals surface area contributed by atoms with E-state index in [1.54, 1.807) is 4.90 Å². The fourth-order valence-electron chi connectivity index (χ4n) is 2.52. The van der Waals surface area contributed by atoms with Crippen molar-refractivity contribution >= 4 is 34.5 Å². The van der Waals surface area contributed by atoms with Crippen molar-refractivity contribution in [3.05, 3.63) is 21.9 Å². The summed E-state index contributed by atoms with van der Waals surface area (Å²) in [6.45, 7) is 7.44. The van der Waals surface area contributed by atoms with E-state index < -0.39 is 5.60 Å². The molecule has 1 aliphatic rings. The number of hydrogen-bond acceptors (Lipinski definition) is 4. The molecule has 0 unspecified atom stereocenters. The Labute approximate surface area is 146 Å². The molecule has 1 aliphatic heterocycles. The zero-order valence-electron chi connectivity index (χ0n) is 13.7. The number of carbonyl (C=O) groups is 1. The third-order valence-electron chi connectivity index (χ3n) is 3.66. The molecule has 1 aromatic rings. The molecule has 1 saturated heterocycles. The van der Waals surface area contributed by atoms with Crippen molar-refractivity contribution in [2.45, 2.75) is 45.3 Å². The average molecular weight is 417 g/mol. The lowest BCUT2D eigenvalue weighted by Gasteiger charge is -2.38. The van der Waals surface area contributed by atoms with Crippen LogP contribution in [0.15, 0.2) is 18.3 Å². The number of anilines is 1. The predicted octanol–water partition coefficient (Wildman–Crippen LogP) is 3.52. The maximum absolute atomic E-state index is 12.2. The topological polar surface area (TPSA) is 45.7 Å². The van der Waals surface area contributed by atoms with Crippen molar-refractivity contribution in [3.63, 3.8) is 0 Å². The number of amides is 1. The lowest BCUT2D eigenvalue weighted by molar-refractivity contribution is 0.0209. The molecule has 2 heterocycles. The summed E-state index contributed by atoms with van der Waals surface area (Å²) >= 11 is 2.25. The lowest BCUT2D eigenvalue weighted by Crippen LogP contribution is -2.50. The Kier molecular flexibility index (Phi) is 5.52. The molecule has 0 N–H and O–H groups in total. The SMILES string of the molecule is CN(C(=O)OC(C)(C)C)[C@H]1CCCN(c2ccc(I)cn2)C1. The molecule has 22 heavy (non-hydrogen) atoms. The minimum absolute atomic E-state index is 0.157. The third-order valence-corrected chi connectivity index (χ3v) is 4.30. The summed E-state index contributed by atoms with van der Waals surface area (Å²) < 4.78 is 6.59. The zero-order valence-corrected chi connectivity index (χ0v) is 15.8. The van der Waals surface area contributed by atoms with Crippen molar-refractivity contribution in [1.29, 1.82) is 0 Å². The highest BCUT2D eigenvalue weighted by Gasteiger charge is 2.29. The molecule has 0 saturated carbocycles. The van der Waals surface area contributed by atoms with Crippen LogP contribution in [-0.2, 0) is 4.74 Å². The normalized spacial score (nSPS) is 19.0. The van der Waals surface area contributed by atoms with Crippen LogP contribution in [-0.4, -0.2) is 47.8 Å². The second-order valence-electron chi connectivity index (χ2n) is 6.67. The molecule has 1 amide bonds. The second kappa shape index (κ2) is 7.02. The molecular weight excluding hydrogens is 393 g/mol. The van der Waals surface area contributed by atoms with Gasteiger partial charge >= 0.3 is 6.09 Å². The van der Waals surface area contributed by atoms with E-state index in [1.165, 1.54) is 0 Å². The fraction of sp³-hybridized carbons (Fsp3) is 0.625. The molecule has 2 rings (SSSR count). The molecule has 1 fully saturated rings. The van der Waals surface area contributed by atoms with Crippen molar-refractivity contribution in [1.82, 2.24) is 9.88 Å². The molecule has 0 spiro atoms. The van der Waals surface area contributed by atoms with Gasteiger partial charge in [-0.25, -0.2) is 9.78 Å². The number of halogens is 1. The maximum Gasteiger partial charge on any atom is 0.410 e. The summed E-state index contributed by atoms with van der Waals surface area (Å²) in [7, 11) is 1.82. The molecule has 0 aromatic carbocycles. The third kappa shape index (κ3) is 4.72. The summed E-state index contributed by atoms with van der Waals surface area (Å²) in [5.41, 5.74) is -0.461. The molecule has 0 aliphatic carbocycles. The number of nitrogens with zero attached hydrogens (tertiary/aromatic N) is 3. The summed E-state index contributed by atoms with van der Waals surface area (Å²) in [5, 5.41) is 0. The second-order valence-corrected chi connectivity index (χ2v) is 7.91.